The Morgan fingerprint density at radius 1 is 1.70 bits per heavy atom. The minimum atomic E-state index is -0.576. The highest BCUT2D eigenvalue weighted by Gasteiger charge is 2.31. The number of nitrogens with one attached hydrogen (secondary N) is 1. The molecule has 4 nitrogen and oxygen atoms in total. The quantitative estimate of drug-likeness (QED) is 0.452. The van der Waals surface area contributed by atoms with Gasteiger partial charge in [0, 0.05) is 13.1 Å². The van der Waals surface area contributed by atoms with Crippen molar-refractivity contribution >= 4 is 5.97 Å². The van der Waals surface area contributed by atoms with Gasteiger partial charge in [0.2, 0.25) is 0 Å². The van der Waals surface area contributed by atoms with Crippen molar-refractivity contribution in [2.24, 2.45) is 5.92 Å². The molecule has 1 aliphatic heterocycles. The van der Waals surface area contributed by atoms with Gasteiger partial charge in [0.15, 0.2) is 0 Å². The summed E-state index contributed by atoms with van der Waals surface area (Å²) >= 11 is 0. The Balaban J connectivity index is 2.46. The number of aliphatic hydroxyl groups excluding tert-OH is 1. The first-order valence-electron chi connectivity index (χ1n) is 3.22. The smallest absolute Gasteiger partial charge is 0.312 e. The maximum atomic E-state index is 10.8. The zero-order valence-corrected chi connectivity index (χ0v) is 5.83. The molecule has 0 bridgehead atoms. The van der Waals surface area contributed by atoms with Crippen molar-refractivity contribution < 1.29 is 14.6 Å². The standard InChI is InChI=1S/C6H11NO3/c1-10-6(9)4-2-7-3-5(4)8/h4-5,7-8H,2-3H2,1H3/t4-,5+/m1/s1. The highest BCUT2D eigenvalue weighted by Crippen LogP contribution is 2.09. The first kappa shape index (κ1) is 7.50. The molecule has 0 aliphatic carbocycles. The summed E-state index contributed by atoms with van der Waals surface area (Å²) in [5.74, 6) is -0.706. The van der Waals surface area contributed by atoms with E-state index in [4.69, 9.17) is 5.11 Å². The van der Waals surface area contributed by atoms with E-state index in [0.29, 0.717) is 13.1 Å². The van der Waals surface area contributed by atoms with Crippen LogP contribution in [-0.4, -0.2) is 37.4 Å². The lowest BCUT2D eigenvalue weighted by molar-refractivity contribution is -0.147. The van der Waals surface area contributed by atoms with Gasteiger partial charge in [-0.25, -0.2) is 0 Å². The van der Waals surface area contributed by atoms with E-state index >= 15 is 0 Å². The number of carbonyl (C=O) groups is 1. The maximum absolute atomic E-state index is 10.8. The molecule has 1 heterocycles. The second-order valence-corrected chi connectivity index (χ2v) is 2.36. The van der Waals surface area contributed by atoms with Crippen LogP contribution in [0.15, 0.2) is 0 Å². The van der Waals surface area contributed by atoms with Crippen LogP contribution in [0.4, 0.5) is 0 Å². The van der Waals surface area contributed by atoms with Crippen LogP contribution in [0.2, 0.25) is 0 Å². The Morgan fingerprint density at radius 3 is 2.80 bits per heavy atom. The third-order valence-corrected chi connectivity index (χ3v) is 1.69. The normalized spacial score (nSPS) is 32.2. The van der Waals surface area contributed by atoms with Crippen LogP contribution in [-0.2, 0) is 9.53 Å². The predicted molar refractivity (Wildman–Crippen MR) is 34.4 cm³/mol. The number of aliphatic hydroxyl groups is 1. The molecule has 0 unspecified atom stereocenters. The summed E-state index contributed by atoms with van der Waals surface area (Å²) in [7, 11) is 1.33. The molecule has 0 saturated carbocycles. The lowest BCUT2D eigenvalue weighted by atomic mass is 10.1. The van der Waals surface area contributed by atoms with E-state index in [0.717, 1.165) is 0 Å². The Labute approximate surface area is 59.2 Å². The molecule has 10 heavy (non-hydrogen) atoms. The fourth-order valence-corrected chi connectivity index (χ4v) is 1.06. The number of methoxy groups -OCH3 is 1. The maximum Gasteiger partial charge on any atom is 0.312 e. The number of hydrogen-bond acceptors (Lipinski definition) is 4. The number of ether oxygens (including phenoxy) is 1. The molecule has 0 spiro atoms. The molecule has 1 rings (SSSR count). The van der Waals surface area contributed by atoms with Crippen LogP contribution in [0, 0.1) is 5.92 Å². The van der Waals surface area contributed by atoms with Crippen molar-refractivity contribution in [1.29, 1.82) is 0 Å². The van der Waals surface area contributed by atoms with Gasteiger partial charge in [0.25, 0.3) is 0 Å². The van der Waals surface area contributed by atoms with E-state index in [2.05, 4.69) is 10.1 Å². The molecule has 4 heteroatoms. The lowest BCUT2D eigenvalue weighted by Crippen LogP contribution is -2.27. The molecule has 0 aromatic heterocycles. The Hall–Kier alpha value is -0.610. The van der Waals surface area contributed by atoms with Crippen molar-refractivity contribution in [2.45, 2.75) is 6.10 Å². The summed E-state index contributed by atoms with van der Waals surface area (Å²) in [5.41, 5.74) is 0. The van der Waals surface area contributed by atoms with Gasteiger partial charge < -0.3 is 15.2 Å². The van der Waals surface area contributed by atoms with E-state index in [1.165, 1.54) is 7.11 Å². The molecule has 2 N–H and O–H groups in total. The summed E-state index contributed by atoms with van der Waals surface area (Å²) in [4.78, 5) is 10.8. The number of rotatable bonds is 1. The SMILES string of the molecule is COC(=O)[C@@H]1CNC[C@@H]1O. The first-order chi connectivity index (χ1) is 4.75. The Morgan fingerprint density at radius 2 is 2.40 bits per heavy atom. The van der Waals surface area contributed by atoms with Crippen molar-refractivity contribution in [3.63, 3.8) is 0 Å². The summed E-state index contributed by atoms with van der Waals surface area (Å²) < 4.78 is 4.47. The molecule has 2 atom stereocenters. The van der Waals surface area contributed by atoms with Crippen LogP contribution in [0.3, 0.4) is 0 Å². The molecule has 1 saturated heterocycles. The summed E-state index contributed by atoms with van der Waals surface area (Å²) in [6.45, 7) is 1.01. The van der Waals surface area contributed by atoms with E-state index in [-0.39, 0.29) is 11.9 Å². The second kappa shape index (κ2) is 2.98. The molecule has 58 valence electrons. The molecule has 1 fully saturated rings. The highest BCUT2D eigenvalue weighted by molar-refractivity contribution is 5.73. The Kier molecular flexibility index (Phi) is 2.24. The molecule has 0 aromatic carbocycles. The predicted octanol–water partition coefficient (Wildman–Crippen LogP) is -1.26. The number of esters is 1. The molecule has 0 radical (unpaired) electrons. The summed E-state index contributed by atoms with van der Waals surface area (Å²) in [5, 5.41) is 12.0. The fraction of sp³-hybridized carbons (Fsp3) is 0.833. The molecular formula is C6H11NO3. The van der Waals surface area contributed by atoms with Crippen LogP contribution in [0.1, 0.15) is 0 Å². The third-order valence-electron chi connectivity index (χ3n) is 1.69. The third kappa shape index (κ3) is 1.27. The summed E-state index contributed by atoms with van der Waals surface area (Å²) in [6, 6.07) is 0. The van der Waals surface area contributed by atoms with E-state index in [1.54, 1.807) is 0 Å². The zero-order chi connectivity index (χ0) is 7.56. The zero-order valence-electron chi connectivity index (χ0n) is 5.83. The van der Waals surface area contributed by atoms with E-state index in [9.17, 15) is 4.79 Å². The minimum Gasteiger partial charge on any atom is -0.469 e. The van der Waals surface area contributed by atoms with Gasteiger partial charge in [-0.1, -0.05) is 0 Å². The van der Waals surface area contributed by atoms with Crippen LogP contribution in [0.5, 0.6) is 0 Å². The van der Waals surface area contributed by atoms with Gasteiger partial charge in [0.05, 0.1) is 19.1 Å². The highest BCUT2D eigenvalue weighted by atomic mass is 16.5. The van der Waals surface area contributed by atoms with Crippen molar-refractivity contribution in [3.05, 3.63) is 0 Å². The van der Waals surface area contributed by atoms with Gasteiger partial charge in [0.1, 0.15) is 0 Å². The number of hydrogen-bond donors (Lipinski definition) is 2. The number of β-amino-alcohol motifs (C(OH)–C–C–N with tert-alkyl or cyclic N) is 1. The van der Waals surface area contributed by atoms with Gasteiger partial charge in [-0.05, 0) is 0 Å². The van der Waals surface area contributed by atoms with Gasteiger partial charge in [-0.15, -0.1) is 0 Å². The van der Waals surface area contributed by atoms with E-state index < -0.39 is 6.10 Å². The van der Waals surface area contributed by atoms with Crippen molar-refractivity contribution in [3.8, 4) is 0 Å². The van der Waals surface area contributed by atoms with Crippen LogP contribution < -0.4 is 5.32 Å². The molecule has 0 amide bonds. The monoisotopic (exact) mass is 145 g/mol. The average Bonchev–Trinajstić information content (AvgIpc) is 2.34. The van der Waals surface area contributed by atoms with Gasteiger partial charge in [-0.2, -0.15) is 0 Å². The lowest BCUT2D eigenvalue weighted by Gasteiger charge is -2.08. The molecular weight excluding hydrogens is 134 g/mol. The molecule has 0 aromatic rings. The minimum absolute atomic E-state index is 0.336. The van der Waals surface area contributed by atoms with Gasteiger partial charge in [-0.3, -0.25) is 4.79 Å². The van der Waals surface area contributed by atoms with Crippen LogP contribution >= 0.6 is 0 Å². The largest absolute Gasteiger partial charge is 0.469 e. The molecule has 1 aliphatic rings. The van der Waals surface area contributed by atoms with Gasteiger partial charge >= 0.3 is 5.97 Å². The first-order valence-corrected chi connectivity index (χ1v) is 3.22. The fourth-order valence-electron chi connectivity index (χ4n) is 1.06. The summed E-state index contributed by atoms with van der Waals surface area (Å²) in [6.07, 6.45) is -0.576. The Bertz CT molecular complexity index is 137. The number of carbonyl (C=O) groups excluding carboxylic acids is 1. The van der Waals surface area contributed by atoms with Crippen molar-refractivity contribution in [2.75, 3.05) is 20.2 Å². The van der Waals surface area contributed by atoms with Crippen LogP contribution in [0.25, 0.3) is 0 Å². The second-order valence-electron chi connectivity index (χ2n) is 2.36. The average molecular weight is 145 g/mol. The van der Waals surface area contributed by atoms with E-state index in [1.807, 2.05) is 0 Å². The topological polar surface area (TPSA) is 58.6 Å². The van der Waals surface area contributed by atoms with Crippen molar-refractivity contribution in [1.82, 2.24) is 5.32 Å².